The number of imidazole rings is 1. The van der Waals surface area contributed by atoms with E-state index in [9.17, 15) is 20.0 Å². The van der Waals surface area contributed by atoms with Crippen LogP contribution in [0.1, 0.15) is 10.4 Å². The molecule has 0 unspecified atom stereocenters. The van der Waals surface area contributed by atoms with Crippen LogP contribution in [-0.2, 0) is 0 Å². The topological polar surface area (TPSA) is 98.3 Å². The van der Waals surface area contributed by atoms with E-state index in [0.717, 1.165) is 0 Å². The number of aromatic hydroxyl groups is 1. The van der Waals surface area contributed by atoms with Gasteiger partial charge < -0.3 is 5.11 Å². The number of phenolic OH excluding ortho intramolecular Hbond substituents is 1. The Labute approximate surface area is 153 Å². The van der Waals surface area contributed by atoms with E-state index in [2.05, 4.69) is 4.98 Å². The van der Waals surface area contributed by atoms with Crippen molar-refractivity contribution in [1.82, 2.24) is 9.55 Å². The number of carbonyl (C=O) groups is 1. The van der Waals surface area contributed by atoms with E-state index in [1.807, 2.05) is 12.1 Å². The van der Waals surface area contributed by atoms with Crippen LogP contribution in [0.25, 0.3) is 22.4 Å². The van der Waals surface area contributed by atoms with Gasteiger partial charge in [-0.25, -0.2) is 4.98 Å². The van der Waals surface area contributed by atoms with Crippen LogP contribution in [0, 0.1) is 10.1 Å². The highest BCUT2D eigenvalue weighted by Gasteiger charge is 2.20. The number of phenols is 1. The van der Waals surface area contributed by atoms with Crippen LogP contribution in [0.15, 0.2) is 72.8 Å². The molecule has 0 aliphatic heterocycles. The third-order valence-corrected chi connectivity index (χ3v) is 4.21. The number of fused-ring (bicyclic) bond motifs is 1. The van der Waals surface area contributed by atoms with Crippen LogP contribution in [0.5, 0.6) is 5.75 Å². The number of para-hydroxylation sites is 2. The standard InChI is InChI=1S/C20H13N3O4/c24-16-11-7-13(8-12-16)19-21-17-3-1-2-4-18(17)22(19)20(25)14-5-9-15(10-6-14)23(26)27/h1-12,24H. The molecule has 27 heavy (non-hydrogen) atoms. The Morgan fingerprint density at radius 2 is 1.63 bits per heavy atom. The van der Waals surface area contributed by atoms with E-state index in [4.69, 9.17) is 0 Å². The fourth-order valence-corrected chi connectivity index (χ4v) is 2.89. The number of benzene rings is 3. The molecule has 0 saturated heterocycles. The van der Waals surface area contributed by atoms with Crippen molar-refractivity contribution >= 4 is 22.6 Å². The van der Waals surface area contributed by atoms with Crippen molar-refractivity contribution in [2.75, 3.05) is 0 Å². The summed E-state index contributed by atoms with van der Waals surface area (Å²) in [5.41, 5.74) is 2.17. The molecule has 132 valence electrons. The summed E-state index contributed by atoms with van der Waals surface area (Å²) in [4.78, 5) is 28.1. The van der Waals surface area contributed by atoms with Crippen molar-refractivity contribution in [3.63, 3.8) is 0 Å². The van der Waals surface area contributed by atoms with Gasteiger partial charge >= 0.3 is 0 Å². The molecule has 1 aromatic heterocycles. The molecular formula is C20H13N3O4. The molecule has 0 amide bonds. The van der Waals surface area contributed by atoms with Crippen molar-refractivity contribution in [3.05, 3.63) is 88.5 Å². The van der Waals surface area contributed by atoms with Crippen LogP contribution in [0.4, 0.5) is 5.69 Å². The van der Waals surface area contributed by atoms with Crippen molar-refractivity contribution in [3.8, 4) is 17.1 Å². The summed E-state index contributed by atoms with van der Waals surface area (Å²) in [5, 5.41) is 20.4. The summed E-state index contributed by atoms with van der Waals surface area (Å²) in [6.07, 6.45) is 0. The molecule has 1 heterocycles. The minimum absolute atomic E-state index is 0.0826. The van der Waals surface area contributed by atoms with Gasteiger partial charge in [0.2, 0.25) is 0 Å². The fourth-order valence-electron chi connectivity index (χ4n) is 2.89. The quantitative estimate of drug-likeness (QED) is 0.440. The Morgan fingerprint density at radius 3 is 2.30 bits per heavy atom. The number of nitrogens with zero attached hydrogens (tertiary/aromatic N) is 3. The number of nitro benzene ring substituents is 1. The first kappa shape index (κ1) is 16.5. The third-order valence-electron chi connectivity index (χ3n) is 4.21. The summed E-state index contributed by atoms with van der Waals surface area (Å²) < 4.78 is 1.48. The van der Waals surface area contributed by atoms with Gasteiger partial charge in [-0.2, -0.15) is 0 Å². The van der Waals surface area contributed by atoms with E-state index in [1.165, 1.54) is 41.0 Å². The number of rotatable bonds is 3. The Morgan fingerprint density at radius 1 is 0.963 bits per heavy atom. The van der Waals surface area contributed by atoms with Gasteiger partial charge in [0, 0.05) is 23.3 Å². The number of non-ortho nitro benzene ring substituents is 1. The molecule has 7 heteroatoms. The molecule has 4 rings (SSSR count). The van der Waals surface area contributed by atoms with Crippen LogP contribution >= 0.6 is 0 Å². The Bertz CT molecular complexity index is 1160. The molecule has 0 atom stereocenters. The van der Waals surface area contributed by atoms with Gasteiger partial charge in [0.15, 0.2) is 0 Å². The van der Waals surface area contributed by atoms with Crippen molar-refractivity contribution in [1.29, 1.82) is 0 Å². The average molecular weight is 359 g/mol. The summed E-state index contributed by atoms with van der Waals surface area (Å²) in [5.74, 6) is 0.198. The first-order valence-electron chi connectivity index (χ1n) is 8.10. The lowest BCUT2D eigenvalue weighted by atomic mass is 10.1. The number of carbonyl (C=O) groups excluding carboxylic acids is 1. The predicted octanol–water partition coefficient (Wildman–Crippen LogP) is 4.01. The van der Waals surface area contributed by atoms with Gasteiger partial charge in [0.1, 0.15) is 11.6 Å². The van der Waals surface area contributed by atoms with Crippen LogP contribution in [0.2, 0.25) is 0 Å². The first-order valence-corrected chi connectivity index (χ1v) is 8.10. The van der Waals surface area contributed by atoms with Gasteiger partial charge in [-0.3, -0.25) is 19.5 Å². The minimum Gasteiger partial charge on any atom is -0.508 e. The van der Waals surface area contributed by atoms with E-state index < -0.39 is 4.92 Å². The second kappa shape index (κ2) is 6.38. The summed E-state index contributed by atoms with van der Waals surface area (Å²) in [6.45, 7) is 0. The lowest BCUT2D eigenvalue weighted by Gasteiger charge is -2.08. The highest BCUT2D eigenvalue weighted by molar-refractivity contribution is 6.04. The van der Waals surface area contributed by atoms with Gasteiger partial charge in [-0.15, -0.1) is 0 Å². The molecule has 7 nitrogen and oxygen atoms in total. The zero-order valence-electron chi connectivity index (χ0n) is 13.9. The summed E-state index contributed by atoms with van der Waals surface area (Å²) >= 11 is 0. The van der Waals surface area contributed by atoms with Crippen LogP contribution < -0.4 is 0 Å². The van der Waals surface area contributed by atoms with E-state index >= 15 is 0 Å². The maximum Gasteiger partial charge on any atom is 0.269 e. The van der Waals surface area contributed by atoms with Gasteiger partial charge in [-0.05, 0) is 48.5 Å². The highest BCUT2D eigenvalue weighted by Crippen LogP contribution is 2.27. The molecule has 0 saturated carbocycles. The molecular weight excluding hydrogens is 346 g/mol. The fraction of sp³-hybridized carbons (Fsp3) is 0. The van der Waals surface area contributed by atoms with Gasteiger partial charge in [-0.1, -0.05) is 12.1 Å². The van der Waals surface area contributed by atoms with E-state index in [0.29, 0.717) is 28.0 Å². The predicted molar refractivity (Wildman–Crippen MR) is 99.7 cm³/mol. The Kier molecular flexibility index (Phi) is 3.89. The summed E-state index contributed by atoms with van der Waals surface area (Å²) in [7, 11) is 0. The highest BCUT2D eigenvalue weighted by atomic mass is 16.6. The monoisotopic (exact) mass is 359 g/mol. The third kappa shape index (κ3) is 2.91. The molecule has 0 aliphatic rings. The van der Waals surface area contributed by atoms with E-state index in [-0.39, 0.29) is 17.3 Å². The minimum atomic E-state index is -0.511. The number of hydrogen-bond acceptors (Lipinski definition) is 5. The second-order valence-corrected chi connectivity index (χ2v) is 5.92. The van der Waals surface area contributed by atoms with Crippen molar-refractivity contribution < 1.29 is 14.8 Å². The van der Waals surface area contributed by atoms with Gasteiger partial charge in [0.05, 0.1) is 16.0 Å². The second-order valence-electron chi connectivity index (χ2n) is 5.92. The normalized spacial score (nSPS) is 10.8. The van der Waals surface area contributed by atoms with Crippen LogP contribution in [-0.4, -0.2) is 25.5 Å². The Hall–Kier alpha value is -4.00. The molecule has 0 aliphatic carbocycles. The molecule has 1 N–H and O–H groups in total. The molecule has 4 aromatic rings. The molecule has 3 aromatic carbocycles. The van der Waals surface area contributed by atoms with Crippen molar-refractivity contribution in [2.45, 2.75) is 0 Å². The zero-order chi connectivity index (χ0) is 19.0. The van der Waals surface area contributed by atoms with Crippen molar-refractivity contribution in [2.24, 2.45) is 0 Å². The lowest BCUT2D eigenvalue weighted by Crippen LogP contribution is -2.13. The first-order chi connectivity index (χ1) is 13.0. The molecule has 0 radical (unpaired) electrons. The largest absolute Gasteiger partial charge is 0.508 e. The maximum atomic E-state index is 13.2. The molecule has 0 spiro atoms. The van der Waals surface area contributed by atoms with Crippen LogP contribution in [0.3, 0.4) is 0 Å². The van der Waals surface area contributed by atoms with E-state index in [1.54, 1.807) is 24.3 Å². The smallest absolute Gasteiger partial charge is 0.269 e. The number of nitro groups is 1. The number of aromatic nitrogens is 2. The SMILES string of the molecule is O=C(c1ccc([N+](=O)[O-])cc1)n1c(-c2ccc(O)cc2)nc2ccccc21. The number of hydrogen-bond donors (Lipinski definition) is 1. The zero-order valence-corrected chi connectivity index (χ0v) is 13.9. The molecule has 0 fully saturated rings. The lowest BCUT2D eigenvalue weighted by molar-refractivity contribution is -0.384. The Balaban J connectivity index is 1.89. The van der Waals surface area contributed by atoms with Gasteiger partial charge in [0.25, 0.3) is 11.6 Å². The maximum absolute atomic E-state index is 13.2. The molecule has 0 bridgehead atoms. The summed E-state index contributed by atoms with van der Waals surface area (Å²) in [6, 6.07) is 19.1. The average Bonchev–Trinajstić information content (AvgIpc) is 3.07.